The topological polar surface area (TPSA) is 32.8 Å². The Bertz CT molecular complexity index is 801. The number of ether oxygens (including phenoxy) is 1. The van der Waals surface area contributed by atoms with Crippen molar-refractivity contribution in [1.29, 1.82) is 0 Å². The van der Waals surface area contributed by atoms with Gasteiger partial charge in [-0.05, 0) is 135 Å². The summed E-state index contributed by atoms with van der Waals surface area (Å²) in [5.74, 6) is 3.40. The van der Waals surface area contributed by atoms with Gasteiger partial charge < -0.3 is 9.84 Å². The Labute approximate surface area is 197 Å². The van der Waals surface area contributed by atoms with Gasteiger partial charge in [-0.15, -0.1) is 0 Å². The van der Waals surface area contributed by atoms with Gasteiger partial charge in [0, 0.05) is 0 Å². The monoisotopic (exact) mass is 442 g/mol. The van der Waals surface area contributed by atoms with Gasteiger partial charge in [0.1, 0.15) is 0 Å². The zero-order valence-electron chi connectivity index (χ0n) is 22.1. The van der Waals surface area contributed by atoms with Crippen LogP contribution in [0.1, 0.15) is 119 Å². The van der Waals surface area contributed by atoms with E-state index in [-0.39, 0.29) is 17.1 Å². The Hall–Kier alpha value is -0.0800. The fourth-order valence-electron chi connectivity index (χ4n) is 11.7. The Morgan fingerprint density at radius 1 is 0.812 bits per heavy atom. The zero-order chi connectivity index (χ0) is 22.9. The quantitative estimate of drug-likeness (QED) is 0.461. The van der Waals surface area contributed by atoms with Crippen molar-refractivity contribution in [3.8, 4) is 0 Å². The fraction of sp³-hybridized carbons (Fsp3) is 1.00. The van der Waals surface area contributed by atoms with E-state index < -0.39 is 0 Å². The largest absolute Gasteiger partial charge is 0.393 e. The van der Waals surface area contributed by atoms with E-state index in [4.69, 9.17) is 4.74 Å². The molecule has 0 aromatic heterocycles. The maximum absolute atomic E-state index is 10.9. The first-order chi connectivity index (χ1) is 14.8. The molecule has 1 heterocycles. The average molecular weight is 443 g/mol. The van der Waals surface area contributed by atoms with Gasteiger partial charge in [-0.3, -0.25) is 0 Å². The van der Waals surface area contributed by atoms with Crippen molar-refractivity contribution >= 4 is 0 Å². The number of fused-ring (bicyclic) bond motifs is 2. The summed E-state index contributed by atoms with van der Waals surface area (Å²) in [4.78, 5) is 0. The van der Waals surface area contributed by atoms with Gasteiger partial charge >= 0.3 is 0 Å². The first-order valence-corrected chi connectivity index (χ1v) is 14.2. The third kappa shape index (κ3) is 2.51. The van der Waals surface area contributed by atoms with Crippen molar-refractivity contribution in [2.24, 2.45) is 50.7 Å². The lowest BCUT2D eigenvalue weighted by atomic mass is 9.41. The van der Waals surface area contributed by atoms with Crippen molar-refractivity contribution in [3.63, 3.8) is 0 Å². The van der Waals surface area contributed by atoms with Gasteiger partial charge in [0.15, 0.2) is 0 Å². The Morgan fingerprint density at radius 2 is 1.47 bits per heavy atom. The highest BCUT2D eigenvalue weighted by Gasteiger charge is 2.82. The highest BCUT2D eigenvalue weighted by atomic mass is 16.6. The fourth-order valence-corrected chi connectivity index (χ4v) is 11.7. The summed E-state index contributed by atoms with van der Waals surface area (Å²) >= 11 is 0. The maximum Gasteiger partial charge on any atom is 0.0892 e. The van der Waals surface area contributed by atoms with Crippen LogP contribution >= 0.6 is 0 Å². The molecule has 32 heavy (non-hydrogen) atoms. The summed E-state index contributed by atoms with van der Waals surface area (Å²) in [6, 6.07) is 0. The number of epoxide rings is 1. The number of hydrogen-bond acceptors (Lipinski definition) is 2. The van der Waals surface area contributed by atoms with Crippen LogP contribution in [0.3, 0.4) is 0 Å². The second-order valence-electron chi connectivity index (χ2n) is 15.3. The van der Waals surface area contributed by atoms with E-state index in [1.165, 1.54) is 64.2 Å². The first-order valence-electron chi connectivity index (χ1n) is 14.2. The molecule has 5 saturated carbocycles. The minimum absolute atomic E-state index is 0.0890. The van der Waals surface area contributed by atoms with Gasteiger partial charge in [0.05, 0.1) is 17.8 Å². The van der Waals surface area contributed by atoms with Crippen LogP contribution in [0.25, 0.3) is 0 Å². The third-order valence-corrected chi connectivity index (χ3v) is 13.9. The number of aliphatic hydroxyl groups is 1. The molecule has 1 saturated heterocycles. The molecule has 2 nitrogen and oxygen atoms in total. The van der Waals surface area contributed by atoms with Crippen LogP contribution in [0.15, 0.2) is 0 Å². The van der Waals surface area contributed by atoms with Crippen LogP contribution in [0.4, 0.5) is 0 Å². The number of hydrogen-bond donors (Lipinski definition) is 1. The maximum atomic E-state index is 10.9. The molecule has 6 aliphatic rings. The molecule has 0 radical (unpaired) electrons. The van der Waals surface area contributed by atoms with Gasteiger partial charge in [0.25, 0.3) is 0 Å². The summed E-state index contributed by atoms with van der Waals surface area (Å²) < 4.78 is 5.91. The summed E-state index contributed by atoms with van der Waals surface area (Å²) in [7, 11) is 0. The van der Waals surface area contributed by atoms with E-state index in [0.717, 1.165) is 30.1 Å². The van der Waals surface area contributed by atoms with Gasteiger partial charge in [0.2, 0.25) is 0 Å². The predicted molar refractivity (Wildman–Crippen MR) is 130 cm³/mol. The van der Waals surface area contributed by atoms with Crippen molar-refractivity contribution in [2.75, 3.05) is 0 Å². The predicted octanol–water partition coefficient (Wildman–Crippen LogP) is 7.38. The second-order valence-corrected chi connectivity index (χ2v) is 15.3. The molecular formula is C30H50O2. The van der Waals surface area contributed by atoms with Crippen LogP contribution in [0, 0.1) is 50.7 Å². The lowest BCUT2D eigenvalue weighted by Crippen LogP contribution is -2.57. The summed E-state index contributed by atoms with van der Waals surface area (Å²) in [5, 5.41) is 10.9. The Kier molecular flexibility index (Phi) is 4.46. The number of aliphatic hydroxyl groups excluding tert-OH is 1. The minimum Gasteiger partial charge on any atom is -0.393 e. The van der Waals surface area contributed by atoms with Crippen molar-refractivity contribution < 1.29 is 9.84 Å². The van der Waals surface area contributed by atoms with Crippen LogP contribution in [0.5, 0.6) is 0 Å². The van der Waals surface area contributed by atoms with Crippen molar-refractivity contribution in [3.05, 3.63) is 0 Å². The molecule has 0 unspecified atom stereocenters. The number of rotatable bonds is 4. The molecule has 5 aliphatic carbocycles. The molecule has 0 bridgehead atoms. The van der Waals surface area contributed by atoms with Crippen LogP contribution < -0.4 is 0 Å². The van der Waals surface area contributed by atoms with E-state index >= 15 is 0 Å². The van der Waals surface area contributed by atoms with Crippen LogP contribution in [-0.2, 0) is 4.74 Å². The molecule has 0 aromatic carbocycles. The molecule has 182 valence electrons. The van der Waals surface area contributed by atoms with E-state index in [9.17, 15) is 5.11 Å². The highest BCUT2D eigenvalue weighted by Crippen LogP contribution is 2.89. The molecule has 6 rings (SSSR count). The average Bonchev–Trinajstić information content (AvgIpc) is 3.53. The van der Waals surface area contributed by atoms with Crippen molar-refractivity contribution in [2.45, 2.75) is 137 Å². The lowest BCUT2D eigenvalue weighted by Gasteiger charge is -2.63. The molecule has 2 spiro atoms. The molecule has 2 heteroatoms. The molecule has 10 atom stereocenters. The van der Waals surface area contributed by atoms with Gasteiger partial charge in [-0.2, -0.15) is 0 Å². The molecule has 6 fully saturated rings. The van der Waals surface area contributed by atoms with Crippen LogP contribution in [-0.4, -0.2) is 22.9 Å². The van der Waals surface area contributed by atoms with E-state index in [1.54, 1.807) is 0 Å². The minimum atomic E-state index is -0.0890. The molecule has 0 aromatic rings. The highest BCUT2D eigenvalue weighted by molar-refractivity contribution is 5.30. The van der Waals surface area contributed by atoms with Gasteiger partial charge in [-0.25, -0.2) is 0 Å². The molecule has 1 aliphatic heterocycles. The zero-order valence-corrected chi connectivity index (χ0v) is 22.1. The molecule has 0 amide bonds. The molecule has 1 N–H and O–H groups in total. The second kappa shape index (κ2) is 6.37. The van der Waals surface area contributed by atoms with Gasteiger partial charge in [-0.1, -0.05) is 34.6 Å². The standard InChI is InChI=1S/C30H50O2/c1-19(8-11-24-26(4,5)32-24)20-12-14-28(7)22-10-9-21-25(2,3)23(31)13-15-29(21)18-30(22,29)17-16-27(20,28)6/h19-24,31H,8-18H2,1-7H3/t19-,20-,21+,22+,23+,24-,27-,28+,29-,30+/m1/s1. The van der Waals surface area contributed by atoms with Crippen LogP contribution in [0.2, 0.25) is 0 Å². The van der Waals surface area contributed by atoms with Crippen molar-refractivity contribution in [1.82, 2.24) is 0 Å². The smallest absolute Gasteiger partial charge is 0.0892 e. The Morgan fingerprint density at radius 3 is 2.16 bits per heavy atom. The third-order valence-electron chi connectivity index (χ3n) is 13.9. The van der Waals surface area contributed by atoms with E-state index in [1.807, 2.05) is 0 Å². The van der Waals surface area contributed by atoms with E-state index in [2.05, 4.69) is 48.5 Å². The van der Waals surface area contributed by atoms with E-state index in [0.29, 0.717) is 27.8 Å². The first kappa shape index (κ1) is 22.4. The molecular weight excluding hydrogens is 392 g/mol. The lowest BCUT2D eigenvalue weighted by molar-refractivity contribution is -0.161. The summed E-state index contributed by atoms with van der Waals surface area (Å²) in [5.41, 5.74) is 2.48. The SMILES string of the molecule is C[C@H](CC[C@H]1OC1(C)C)[C@H]1CC[C@@]2(C)[C@@H]3CC[C@H]4C(C)(C)[C@@H](O)CC[C@@]45C[C@@]35CC[C@]12C. The Balaban J connectivity index is 1.24. The summed E-state index contributed by atoms with van der Waals surface area (Å²) in [6.07, 6.45) is 15.5. The normalized spacial score (nSPS) is 57.6. The summed E-state index contributed by atoms with van der Waals surface area (Å²) in [6.45, 7) is 17.3.